The average molecular weight is 768 g/mol. The van der Waals surface area contributed by atoms with Crippen LogP contribution in [0.15, 0.2) is 47.2 Å². The van der Waals surface area contributed by atoms with Gasteiger partial charge in [-0.1, -0.05) is 19.2 Å². The normalized spacial score (nSPS) is 21.7. The Hall–Kier alpha value is -3.79. The number of carboxylic acids is 1. The summed E-state index contributed by atoms with van der Waals surface area (Å²) in [6.07, 6.45) is 8.12. The Bertz CT molecular complexity index is 1870. The molecule has 2 aromatic carbocycles. The summed E-state index contributed by atoms with van der Waals surface area (Å²) in [6, 6.07) is 5.96. The quantitative estimate of drug-likeness (QED) is 0.264. The van der Waals surface area contributed by atoms with Crippen molar-refractivity contribution in [3.05, 3.63) is 81.3 Å². The number of nitrogens with zero attached hydrogens (tertiary/aromatic N) is 3. The van der Waals surface area contributed by atoms with Gasteiger partial charge >= 0.3 is 0 Å². The Kier molecular flexibility index (Phi) is 12.1. The number of carbonyl (C=O) groups is 1. The fourth-order valence-corrected chi connectivity index (χ4v) is 10.7. The molecule has 1 aliphatic carbocycles. The predicted octanol–water partition coefficient (Wildman–Crippen LogP) is 3.20. The van der Waals surface area contributed by atoms with Gasteiger partial charge in [0.2, 0.25) is 0 Å². The molecule has 4 heterocycles. The maximum Gasteiger partial charge on any atom is 0.199 e. The lowest BCUT2D eigenvalue weighted by Gasteiger charge is -2.40. The van der Waals surface area contributed by atoms with E-state index in [4.69, 9.17) is 23.7 Å². The Morgan fingerprint density at radius 3 is 1.85 bits per heavy atom. The van der Waals surface area contributed by atoms with Crippen LogP contribution in [0.5, 0.6) is 0 Å². The highest BCUT2D eigenvalue weighted by Crippen LogP contribution is 2.46. The number of benzene rings is 2. The molecule has 2 aromatic rings. The third-order valence-corrected chi connectivity index (χ3v) is 14.4. The number of hydrogen-bond acceptors (Lipinski definition) is 9. The van der Waals surface area contributed by atoms with Crippen LogP contribution in [0.1, 0.15) is 34.3 Å². The zero-order valence-electron chi connectivity index (χ0n) is 31.0. The number of allylic oxidation sites excluding steroid dienone is 5. The van der Waals surface area contributed by atoms with Gasteiger partial charge in [-0.2, -0.15) is 0 Å². The number of hydrogen-bond donors (Lipinski definition) is 0. The van der Waals surface area contributed by atoms with E-state index in [1.54, 1.807) is 0 Å². The molecule has 0 amide bonds. The highest BCUT2D eigenvalue weighted by atomic mass is 28.3. The minimum absolute atomic E-state index is 0.0294. The van der Waals surface area contributed by atoms with Gasteiger partial charge in [0, 0.05) is 55.1 Å². The fourth-order valence-electron chi connectivity index (χ4n) is 7.66. The van der Waals surface area contributed by atoms with E-state index in [1.807, 2.05) is 24.3 Å². The van der Waals surface area contributed by atoms with E-state index in [9.17, 15) is 9.90 Å². The van der Waals surface area contributed by atoms with Crippen molar-refractivity contribution >= 4 is 41.9 Å². The smallest absolute Gasteiger partial charge is 0.199 e. The summed E-state index contributed by atoms with van der Waals surface area (Å²) < 4.78 is 80.5. The minimum atomic E-state index is -2.52. The molecule has 0 N–H and O–H groups in total. The topological polar surface area (TPSA) is 95.8 Å². The molecular formula is C40H48F3N3O7Si. The molecule has 0 radical (unpaired) electrons. The lowest BCUT2D eigenvalue weighted by atomic mass is 9.85. The Balaban J connectivity index is 1.36. The van der Waals surface area contributed by atoms with Crippen molar-refractivity contribution in [2.75, 3.05) is 115 Å². The van der Waals surface area contributed by atoms with Crippen LogP contribution in [0.2, 0.25) is 13.1 Å². The lowest BCUT2D eigenvalue weighted by Crippen LogP contribution is -2.50. The molecule has 54 heavy (non-hydrogen) atoms. The van der Waals surface area contributed by atoms with Crippen molar-refractivity contribution in [2.45, 2.75) is 25.9 Å². The predicted molar refractivity (Wildman–Crippen MR) is 200 cm³/mol. The highest BCUT2D eigenvalue weighted by molar-refractivity contribution is 6.98. The van der Waals surface area contributed by atoms with E-state index < -0.39 is 48.3 Å². The van der Waals surface area contributed by atoms with E-state index >= 15 is 13.2 Å². The van der Waals surface area contributed by atoms with Gasteiger partial charge in [-0.05, 0) is 51.7 Å². The van der Waals surface area contributed by atoms with E-state index in [0.717, 1.165) is 60.8 Å². The first-order valence-corrected chi connectivity index (χ1v) is 21.9. The van der Waals surface area contributed by atoms with Gasteiger partial charge in [-0.25, -0.2) is 17.7 Å². The molecule has 0 unspecified atom stereocenters. The number of carboxylic acid groups (broad SMARTS) is 1. The monoisotopic (exact) mass is 767 g/mol. The van der Waals surface area contributed by atoms with E-state index in [2.05, 4.69) is 34.7 Å². The standard InChI is InChI=1S/C40H48F3N3O7Si/c1-54(2)31-25-27(44-9-3-10-44)5-7-29(31)33(30-8-6-28(26-32(30)54)45-11-4-12-45)34-35(40(47)48)36(41)38(43)39(37(34)42)46-13-15-49-17-19-51-21-23-53-24-22-52-20-18-50-16-14-46/h5-8,25-26H,3-4,9-24H2,1-2H3. The Labute approximate surface area is 315 Å². The third kappa shape index (κ3) is 7.69. The van der Waals surface area contributed by atoms with Crippen molar-refractivity contribution in [1.29, 1.82) is 0 Å². The summed E-state index contributed by atoms with van der Waals surface area (Å²) in [5, 5.41) is 14.8. The number of halogens is 3. The first-order valence-electron chi connectivity index (χ1n) is 18.9. The minimum Gasteiger partial charge on any atom is -0.545 e. The van der Waals surface area contributed by atoms with Crippen LogP contribution < -0.4 is 20.1 Å². The van der Waals surface area contributed by atoms with Crippen LogP contribution in [0, 0.1) is 17.5 Å². The second-order valence-electron chi connectivity index (χ2n) is 14.5. The number of fused-ring (bicyclic) bond motifs is 2. The number of carbonyl (C=O) groups excluding carboxylic acids is 1. The second kappa shape index (κ2) is 16.9. The lowest BCUT2D eigenvalue weighted by molar-refractivity contribution is -0.582. The second-order valence-corrected chi connectivity index (χ2v) is 18.8. The van der Waals surface area contributed by atoms with Gasteiger partial charge in [0.05, 0.1) is 78.5 Å². The van der Waals surface area contributed by atoms with E-state index in [0.29, 0.717) is 37.6 Å². The van der Waals surface area contributed by atoms with Crippen LogP contribution in [0.4, 0.5) is 24.5 Å². The average Bonchev–Trinajstić information content (AvgIpc) is 3.10. The van der Waals surface area contributed by atoms with E-state index in [-0.39, 0.29) is 58.3 Å². The Morgan fingerprint density at radius 2 is 1.33 bits per heavy atom. The molecule has 10 nitrogen and oxygen atoms in total. The van der Waals surface area contributed by atoms with Crippen LogP contribution in [-0.4, -0.2) is 130 Å². The summed E-state index contributed by atoms with van der Waals surface area (Å²) in [4.78, 5) is 16.4. The summed E-state index contributed by atoms with van der Waals surface area (Å²) in [5.74, 6) is -6.49. The molecule has 0 atom stereocenters. The van der Waals surface area contributed by atoms with Crippen LogP contribution in [0.25, 0.3) is 5.57 Å². The van der Waals surface area contributed by atoms with Gasteiger partial charge < -0.3 is 43.4 Å². The van der Waals surface area contributed by atoms with Crippen LogP contribution in [-0.2, 0) is 23.7 Å². The van der Waals surface area contributed by atoms with Crippen molar-refractivity contribution in [2.24, 2.45) is 0 Å². The van der Waals surface area contributed by atoms with Crippen LogP contribution >= 0.6 is 0 Å². The molecule has 0 aromatic heterocycles. The number of rotatable bonds is 4. The highest BCUT2D eigenvalue weighted by Gasteiger charge is 2.43. The van der Waals surface area contributed by atoms with Gasteiger partial charge in [0.15, 0.2) is 23.2 Å². The SMILES string of the molecule is C[Si]1(C)C2=CC(=[N+]3CCC3)C=CC2=C(c2c(F)c(N3CCOCCOCCOCCOCCOCC3)c(F)c(F)c2C(=O)[O-])c2ccc(N3CCC3)cc21. The van der Waals surface area contributed by atoms with Gasteiger partial charge in [-0.15, -0.1) is 0 Å². The first-order chi connectivity index (χ1) is 26.2. The van der Waals surface area contributed by atoms with Gasteiger partial charge in [-0.3, -0.25) is 0 Å². The summed E-state index contributed by atoms with van der Waals surface area (Å²) in [7, 11) is -2.52. The number of anilines is 2. The maximum absolute atomic E-state index is 17.6. The molecule has 0 bridgehead atoms. The molecule has 4 aliphatic heterocycles. The molecule has 7 rings (SSSR count). The summed E-state index contributed by atoms with van der Waals surface area (Å²) >= 11 is 0. The zero-order valence-corrected chi connectivity index (χ0v) is 32.0. The van der Waals surface area contributed by atoms with E-state index in [1.165, 1.54) is 4.90 Å². The number of aromatic carboxylic acids is 1. The molecule has 14 heteroatoms. The fraction of sp³-hybridized carbons (Fsp3) is 0.500. The summed E-state index contributed by atoms with van der Waals surface area (Å²) in [6.45, 7) is 10.6. The number of ether oxygens (including phenoxy) is 5. The van der Waals surface area contributed by atoms with Gasteiger partial charge in [0.25, 0.3) is 0 Å². The molecule has 0 spiro atoms. The molecule has 3 saturated heterocycles. The summed E-state index contributed by atoms with van der Waals surface area (Å²) in [5.41, 5.74) is 1.11. The maximum atomic E-state index is 17.6. The Morgan fingerprint density at radius 1 is 0.741 bits per heavy atom. The molecule has 0 saturated carbocycles. The molecule has 290 valence electrons. The van der Waals surface area contributed by atoms with Gasteiger partial charge in [0.1, 0.15) is 26.9 Å². The van der Waals surface area contributed by atoms with Crippen LogP contribution in [0.3, 0.4) is 0 Å². The molecule has 3 fully saturated rings. The first kappa shape index (κ1) is 38.5. The zero-order chi connectivity index (χ0) is 37.8. The molecular weight excluding hydrogens is 720 g/mol. The van der Waals surface area contributed by atoms with Crippen molar-refractivity contribution < 1.29 is 51.3 Å². The third-order valence-electron chi connectivity index (χ3n) is 10.9. The largest absolute Gasteiger partial charge is 0.545 e. The van der Waals surface area contributed by atoms with Crippen molar-refractivity contribution in [3.63, 3.8) is 0 Å². The van der Waals surface area contributed by atoms with Crippen molar-refractivity contribution in [1.82, 2.24) is 0 Å². The molecule has 5 aliphatic rings. The van der Waals surface area contributed by atoms with Crippen molar-refractivity contribution in [3.8, 4) is 0 Å².